The standard InChI is InChI=1S/C50H32N4/c1-3-17-34(18-4-1)50-51-41(37-26-15-19-33-16-7-8-22-36(33)37)32-42(52-50)38-23-9-12-27-43(38)54-45-29-14-11-25-40(45)49-47(54)31-30-46-48(49)39-24-10-13-28-44(39)53(46)35-20-5-2-6-21-35/h1-32H. The fraction of sp³-hybridized carbons (Fsp3) is 0. The maximum atomic E-state index is 5.31. The van der Waals surface area contributed by atoms with Crippen LogP contribution >= 0.6 is 0 Å². The molecule has 0 N–H and O–H groups in total. The zero-order valence-corrected chi connectivity index (χ0v) is 29.3. The number of aromatic nitrogens is 4. The number of fused-ring (bicyclic) bond motifs is 8. The maximum Gasteiger partial charge on any atom is 0.160 e. The number of rotatable bonds is 5. The molecule has 0 saturated carbocycles. The average molecular weight is 689 g/mol. The SMILES string of the molecule is c1ccc(-c2nc(-c3ccccc3-n3c4ccccc4c4c5c6ccccc6n(-c6ccccc6)c5ccc43)cc(-c3cccc4ccccc34)n2)cc1. The van der Waals surface area contributed by atoms with Crippen LogP contribution in [-0.4, -0.2) is 19.1 Å². The van der Waals surface area contributed by atoms with Crippen molar-refractivity contribution in [3.05, 3.63) is 194 Å². The molecule has 0 amide bonds. The van der Waals surface area contributed by atoms with Crippen LogP contribution < -0.4 is 0 Å². The summed E-state index contributed by atoms with van der Waals surface area (Å²) in [6, 6.07) is 68.9. The van der Waals surface area contributed by atoms with Crippen LogP contribution in [0.1, 0.15) is 0 Å². The van der Waals surface area contributed by atoms with Crippen LogP contribution in [0.15, 0.2) is 194 Å². The lowest BCUT2D eigenvalue weighted by molar-refractivity contribution is 1.15. The zero-order valence-electron chi connectivity index (χ0n) is 29.3. The highest BCUT2D eigenvalue weighted by atomic mass is 15.0. The second kappa shape index (κ2) is 12.1. The van der Waals surface area contributed by atoms with E-state index in [-0.39, 0.29) is 0 Å². The van der Waals surface area contributed by atoms with Gasteiger partial charge >= 0.3 is 0 Å². The first-order valence-corrected chi connectivity index (χ1v) is 18.3. The summed E-state index contributed by atoms with van der Waals surface area (Å²) in [7, 11) is 0. The van der Waals surface area contributed by atoms with Gasteiger partial charge in [-0.2, -0.15) is 0 Å². The van der Waals surface area contributed by atoms with Crippen LogP contribution in [-0.2, 0) is 0 Å². The van der Waals surface area contributed by atoms with E-state index in [0.29, 0.717) is 5.82 Å². The number of para-hydroxylation sites is 4. The first-order chi connectivity index (χ1) is 26.8. The van der Waals surface area contributed by atoms with Gasteiger partial charge in [0.1, 0.15) is 0 Å². The Bertz CT molecular complexity index is 3200. The lowest BCUT2D eigenvalue weighted by Gasteiger charge is -2.16. The molecule has 0 spiro atoms. The fourth-order valence-electron chi connectivity index (χ4n) is 8.41. The van der Waals surface area contributed by atoms with E-state index in [1.807, 2.05) is 18.2 Å². The van der Waals surface area contributed by atoms with E-state index in [4.69, 9.17) is 9.97 Å². The van der Waals surface area contributed by atoms with E-state index >= 15 is 0 Å². The fourth-order valence-corrected chi connectivity index (χ4v) is 8.41. The first-order valence-electron chi connectivity index (χ1n) is 18.3. The molecule has 0 aliphatic heterocycles. The highest BCUT2D eigenvalue weighted by Gasteiger charge is 2.22. The van der Waals surface area contributed by atoms with E-state index < -0.39 is 0 Å². The van der Waals surface area contributed by atoms with Gasteiger partial charge in [0.25, 0.3) is 0 Å². The van der Waals surface area contributed by atoms with Crippen molar-refractivity contribution in [2.75, 3.05) is 0 Å². The highest BCUT2D eigenvalue weighted by Crippen LogP contribution is 2.43. The second-order valence-corrected chi connectivity index (χ2v) is 13.8. The molecule has 252 valence electrons. The molecule has 0 aliphatic rings. The van der Waals surface area contributed by atoms with Gasteiger partial charge < -0.3 is 9.13 Å². The Hall–Kier alpha value is -7.30. The smallest absolute Gasteiger partial charge is 0.160 e. The van der Waals surface area contributed by atoms with E-state index in [1.54, 1.807) is 0 Å². The molecule has 11 rings (SSSR count). The molecular weight excluding hydrogens is 657 g/mol. The Labute approximate surface area is 311 Å². The zero-order chi connectivity index (χ0) is 35.6. The Kier molecular flexibility index (Phi) is 6.82. The van der Waals surface area contributed by atoms with Crippen LogP contribution in [0.2, 0.25) is 0 Å². The van der Waals surface area contributed by atoms with Crippen molar-refractivity contribution in [1.29, 1.82) is 0 Å². The minimum absolute atomic E-state index is 0.698. The third kappa shape index (κ3) is 4.64. The van der Waals surface area contributed by atoms with Crippen LogP contribution in [0.3, 0.4) is 0 Å². The molecule has 0 fully saturated rings. The Morgan fingerprint density at radius 3 is 1.61 bits per heavy atom. The predicted octanol–water partition coefficient (Wildman–Crippen LogP) is 12.8. The molecule has 54 heavy (non-hydrogen) atoms. The van der Waals surface area contributed by atoms with Crippen molar-refractivity contribution in [2.24, 2.45) is 0 Å². The van der Waals surface area contributed by atoms with E-state index in [1.165, 1.54) is 38.0 Å². The van der Waals surface area contributed by atoms with Crippen molar-refractivity contribution >= 4 is 54.4 Å². The summed E-state index contributed by atoms with van der Waals surface area (Å²) in [5.74, 6) is 0.698. The van der Waals surface area contributed by atoms with E-state index in [9.17, 15) is 0 Å². The molecule has 0 aliphatic carbocycles. The molecular formula is C50H32N4. The van der Waals surface area contributed by atoms with Gasteiger partial charge in [-0.1, -0.05) is 146 Å². The molecule has 4 nitrogen and oxygen atoms in total. The number of nitrogens with zero attached hydrogens (tertiary/aromatic N) is 4. The van der Waals surface area contributed by atoms with Gasteiger partial charge in [-0.3, -0.25) is 0 Å². The average Bonchev–Trinajstić information content (AvgIpc) is 3.77. The lowest BCUT2D eigenvalue weighted by Crippen LogP contribution is -2.01. The van der Waals surface area contributed by atoms with Gasteiger partial charge in [-0.05, 0) is 59.3 Å². The number of benzene rings is 8. The minimum Gasteiger partial charge on any atom is -0.309 e. The van der Waals surface area contributed by atoms with Gasteiger partial charge in [-0.25, -0.2) is 9.97 Å². The molecule has 3 heterocycles. The molecule has 0 atom stereocenters. The lowest BCUT2D eigenvalue weighted by atomic mass is 10.00. The summed E-state index contributed by atoms with van der Waals surface area (Å²) in [5, 5.41) is 7.30. The molecule has 0 unspecified atom stereocenters. The maximum absolute atomic E-state index is 5.31. The predicted molar refractivity (Wildman–Crippen MR) is 225 cm³/mol. The normalized spacial score (nSPS) is 11.7. The summed E-state index contributed by atoms with van der Waals surface area (Å²) < 4.78 is 4.82. The summed E-state index contributed by atoms with van der Waals surface area (Å²) in [5.41, 5.74) is 11.8. The van der Waals surface area contributed by atoms with Crippen molar-refractivity contribution in [3.63, 3.8) is 0 Å². The van der Waals surface area contributed by atoms with Gasteiger partial charge in [0.2, 0.25) is 0 Å². The monoisotopic (exact) mass is 688 g/mol. The quantitative estimate of drug-likeness (QED) is 0.180. The van der Waals surface area contributed by atoms with Gasteiger partial charge in [0.15, 0.2) is 5.82 Å². The van der Waals surface area contributed by atoms with Gasteiger partial charge in [0, 0.05) is 43.9 Å². The van der Waals surface area contributed by atoms with E-state index in [2.05, 4.69) is 185 Å². The van der Waals surface area contributed by atoms with Crippen LogP contribution in [0.5, 0.6) is 0 Å². The summed E-state index contributed by atoms with van der Waals surface area (Å²) >= 11 is 0. The molecule has 3 aromatic heterocycles. The summed E-state index contributed by atoms with van der Waals surface area (Å²) in [6.07, 6.45) is 0. The van der Waals surface area contributed by atoms with Crippen LogP contribution in [0.4, 0.5) is 0 Å². The third-order valence-electron chi connectivity index (χ3n) is 10.7. The summed E-state index contributed by atoms with van der Waals surface area (Å²) in [6.45, 7) is 0. The van der Waals surface area contributed by atoms with E-state index in [0.717, 1.165) is 55.9 Å². The van der Waals surface area contributed by atoms with Crippen LogP contribution in [0, 0.1) is 0 Å². The molecule has 8 aromatic carbocycles. The molecule has 0 bridgehead atoms. The molecule has 0 radical (unpaired) electrons. The highest BCUT2D eigenvalue weighted by molar-refractivity contribution is 6.29. The largest absolute Gasteiger partial charge is 0.309 e. The Balaban J connectivity index is 1.21. The van der Waals surface area contributed by atoms with Gasteiger partial charge in [0.05, 0.1) is 39.1 Å². The number of hydrogen-bond donors (Lipinski definition) is 0. The summed E-state index contributed by atoms with van der Waals surface area (Å²) in [4.78, 5) is 10.5. The molecule has 0 saturated heterocycles. The first kappa shape index (κ1) is 30.3. The minimum atomic E-state index is 0.698. The van der Waals surface area contributed by atoms with Crippen molar-refractivity contribution < 1.29 is 0 Å². The van der Waals surface area contributed by atoms with Crippen molar-refractivity contribution in [3.8, 4) is 45.3 Å². The Morgan fingerprint density at radius 2 is 0.870 bits per heavy atom. The van der Waals surface area contributed by atoms with Gasteiger partial charge in [-0.15, -0.1) is 0 Å². The molecule has 4 heteroatoms. The number of hydrogen-bond acceptors (Lipinski definition) is 2. The molecule has 11 aromatic rings. The van der Waals surface area contributed by atoms with Crippen molar-refractivity contribution in [1.82, 2.24) is 19.1 Å². The third-order valence-corrected chi connectivity index (χ3v) is 10.7. The topological polar surface area (TPSA) is 35.6 Å². The Morgan fingerprint density at radius 1 is 0.352 bits per heavy atom. The van der Waals surface area contributed by atoms with Crippen LogP contribution in [0.25, 0.3) is 99.7 Å². The second-order valence-electron chi connectivity index (χ2n) is 13.8. The van der Waals surface area contributed by atoms with Crippen molar-refractivity contribution in [2.45, 2.75) is 0 Å².